The second-order valence-electron chi connectivity index (χ2n) is 4.71. The number of hydrogen-bond donors (Lipinski definition) is 0. The third kappa shape index (κ3) is 3.75. The fourth-order valence-electron chi connectivity index (χ4n) is 2.24. The van der Waals surface area contributed by atoms with E-state index in [1.165, 1.54) is 16.4 Å². The molecule has 1 heterocycles. The maximum Gasteiger partial charge on any atom is 0.213 e. The highest BCUT2D eigenvalue weighted by Gasteiger charge is 2.25. The monoisotopic (exact) mass is 286 g/mol. The molecular weight excluding hydrogens is 267 g/mol. The van der Waals surface area contributed by atoms with Crippen molar-refractivity contribution >= 4 is 10.0 Å². The zero-order valence-corrected chi connectivity index (χ0v) is 11.9. The molecule has 0 saturated carbocycles. The summed E-state index contributed by atoms with van der Waals surface area (Å²) in [4.78, 5) is 2.15. The van der Waals surface area contributed by atoms with Crippen molar-refractivity contribution in [3.05, 3.63) is 35.6 Å². The van der Waals surface area contributed by atoms with Gasteiger partial charge in [0.05, 0.1) is 5.75 Å². The van der Waals surface area contributed by atoms with Gasteiger partial charge in [-0.2, -0.15) is 4.31 Å². The Kier molecular flexibility index (Phi) is 4.54. The normalized spacial score (nSPS) is 18.6. The standard InChI is InChI=1S/C13H19FN2O2S/c1-2-19(17,18)16-8-6-15(7-9-16)11-12-4-3-5-13(14)10-12/h3-5,10H,2,6-9,11H2,1H3. The molecule has 106 valence electrons. The smallest absolute Gasteiger partial charge is 0.213 e. The Bertz CT molecular complexity index is 525. The van der Waals surface area contributed by atoms with Gasteiger partial charge >= 0.3 is 0 Å². The zero-order valence-electron chi connectivity index (χ0n) is 11.0. The minimum atomic E-state index is -3.08. The van der Waals surface area contributed by atoms with Crippen LogP contribution in [0.3, 0.4) is 0 Å². The van der Waals surface area contributed by atoms with E-state index in [2.05, 4.69) is 4.90 Å². The van der Waals surface area contributed by atoms with Gasteiger partial charge in [0.2, 0.25) is 10.0 Å². The second-order valence-corrected chi connectivity index (χ2v) is 6.96. The van der Waals surface area contributed by atoms with Crippen LogP contribution in [0.4, 0.5) is 4.39 Å². The molecule has 0 radical (unpaired) electrons. The largest absolute Gasteiger partial charge is 0.296 e. The van der Waals surface area contributed by atoms with Crippen molar-refractivity contribution in [2.24, 2.45) is 0 Å². The molecule has 0 aromatic heterocycles. The fraction of sp³-hybridized carbons (Fsp3) is 0.538. The van der Waals surface area contributed by atoms with Gasteiger partial charge in [-0.15, -0.1) is 0 Å². The molecule has 0 bridgehead atoms. The van der Waals surface area contributed by atoms with Gasteiger partial charge in [0.25, 0.3) is 0 Å². The summed E-state index contributed by atoms with van der Waals surface area (Å²) in [6.45, 7) is 4.74. The van der Waals surface area contributed by atoms with Gasteiger partial charge in [-0.1, -0.05) is 12.1 Å². The Hall–Kier alpha value is -0.980. The number of rotatable bonds is 4. The molecule has 0 spiro atoms. The lowest BCUT2D eigenvalue weighted by molar-refractivity contribution is 0.181. The molecule has 0 unspecified atom stereocenters. The van der Waals surface area contributed by atoms with Crippen molar-refractivity contribution in [2.45, 2.75) is 13.5 Å². The molecule has 4 nitrogen and oxygen atoms in total. The maximum atomic E-state index is 13.1. The molecular formula is C13H19FN2O2S. The first-order valence-corrected chi connectivity index (χ1v) is 8.07. The molecule has 0 atom stereocenters. The number of hydrogen-bond acceptors (Lipinski definition) is 3. The fourth-order valence-corrected chi connectivity index (χ4v) is 3.33. The van der Waals surface area contributed by atoms with E-state index >= 15 is 0 Å². The lowest BCUT2D eigenvalue weighted by atomic mass is 10.2. The Morgan fingerprint density at radius 3 is 2.47 bits per heavy atom. The van der Waals surface area contributed by atoms with Crippen LogP contribution in [0.5, 0.6) is 0 Å². The van der Waals surface area contributed by atoms with Crippen LogP contribution in [0.25, 0.3) is 0 Å². The van der Waals surface area contributed by atoms with E-state index in [0.717, 1.165) is 5.56 Å². The number of nitrogens with zero attached hydrogens (tertiary/aromatic N) is 2. The first-order valence-electron chi connectivity index (χ1n) is 6.46. The molecule has 0 aliphatic carbocycles. The van der Waals surface area contributed by atoms with Gasteiger partial charge < -0.3 is 0 Å². The van der Waals surface area contributed by atoms with E-state index < -0.39 is 10.0 Å². The summed E-state index contributed by atoms with van der Waals surface area (Å²) in [5.74, 6) is -0.0821. The summed E-state index contributed by atoms with van der Waals surface area (Å²) >= 11 is 0. The van der Waals surface area contributed by atoms with Crippen molar-refractivity contribution in [2.75, 3.05) is 31.9 Å². The van der Waals surface area contributed by atoms with Crippen LogP contribution in [0.2, 0.25) is 0 Å². The van der Waals surface area contributed by atoms with Crippen molar-refractivity contribution in [3.8, 4) is 0 Å². The Balaban J connectivity index is 1.91. The highest BCUT2D eigenvalue weighted by atomic mass is 32.2. The molecule has 1 aliphatic rings. The van der Waals surface area contributed by atoms with Crippen LogP contribution in [-0.4, -0.2) is 49.6 Å². The maximum absolute atomic E-state index is 13.1. The van der Waals surface area contributed by atoms with Gasteiger partial charge in [-0.3, -0.25) is 4.90 Å². The van der Waals surface area contributed by atoms with Gasteiger partial charge in [0.15, 0.2) is 0 Å². The second kappa shape index (κ2) is 5.98. The molecule has 0 N–H and O–H groups in total. The van der Waals surface area contributed by atoms with Gasteiger partial charge in [-0.25, -0.2) is 12.8 Å². The van der Waals surface area contributed by atoms with Crippen molar-refractivity contribution in [1.82, 2.24) is 9.21 Å². The Morgan fingerprint density at radius 2 is 1.89 bits per heavy atom. The van der Waals surface area contributed by atoms with E-state index in [0.29, 0.717) is 32.7 Å². The minimum Gasteiger partial charge on any atom is -0.296 e. The van der Waals surface area contributed by atoms with Gasteiger partial charge in [0, 0.05) is 32.7 Å². The SMILES string of the molecule is CCS(=O)(=O)N1CCN(Cc2cccc(F)c2)CC1. The average Bonchev–Trinajstić information content (AvgIpc) is 2.39. The first-order chi connectivity index (χ1) is 9.01. The molecule has 1 saturated heterocycles. The van der Waals surface area contributed by atoms with E-state index in [1.54, 1.807) is 13.0 Å². The highest BCUT2D eigenvalue weighted by Crippen LogP contribution is 2.12. The lowest BCUT2D eigenvalue weighted by Gasteiger charge is -2.33. The summed E-state index contributed by atoms with van der Waals surface area (Å²) in [5, 5.41) is 0. The molecule has 1 aromatic rings. The van der Waals surface area contributed by atoms with Crippen LogP contribution >= 0.6 is 0 Å². The number of halogens is 1. The topological polar surface area (TPSA) is 40.6 Å². The van der Waals surface area contributed by atoms with Crippen LogP contribution < -0.4 is 0 Å². The molecule has 2 rings (SSSR count). The van der Waals surface area contributed by atoms with Gasteiger partial charge in [0.1, 0.15) is 5.82 Å². The van der Waals surface area contributed by atoms with Crippen LogP contribution in [0, 0.1) is 5.82 Å². The summed E-state index contributed by atoms with van der Waals surface area (Å²) in [7, 11) is -3.08. The number of sulfonamides is 1. The minimum absolute atomic E-state index is 0.150. The van der Waals surface area contributed by atoms with Crippen molar-refractivity contribution in [1.29, 1.82) is 0 Å². The van der Waals surface area contributed by atoms with Crippen LogP contribution in [0.1, 0.15) is 12.5 Å². The third-order valence-corrected chi connectivity index (χ3v) is 5.27. The number of piperazine rings is 1. The van der Waals surface area contributed by atoms with Crippen molar-refractivity contribution in [3.63, 3.8) is 0 Å². The van der Waals surface area contributed by atoms with Crippen LogP contribution in [-0.2, 0) is 16.6 Å². The highest BCUT2D eigenvalue weighted by molar-refractivity contribution is 7.89. The molecule has 1 aromatic carbocycles. The van der Waals surface area contributed by atoms with E-state index in [4.69, 9.17) is 0 Å². The lowest BCUT2D eigenvalue weighted by Crippen LogP contribution is -2.48. The summed E-state index contributed by atoms with van der Waals surface area (Å²) in [5.41, 5.74) is 0.923. The Labute approximate surface area is 113 Å². The Morgan fingerprint density at radius 1 is 1.21 bits per heavy atom. The summed E-state index contributed by atoms with van der Waals surface area (Å²) in [6.07, 6.45) is 0. The van der Waals surface area contributed by atoms with Crippen molar-refractivity contribution < 1.29 is 12.8 Å². The van der Waals surface area contributed by atoms with E-state index in [9.17, 15) is 12.8 Å². The molecule has 1 aliphatic heterocycles. The molecule has 19 heavy (non-hydrogen) atoms. The van der Waals surface area contributed by atoms with E-state index in [1.807, 2.05) is 6.07 Å². The summed E-state index contributed by atoms with van der Waals surface area (Å²) < 4.78 is 38.1. The average molecular weight is 286 g/mol. The quantitative estimate of drug-likeness (QED) is 0.837. The zero-order chi connectivity index (χ0) is 13.9. The van der Waals surface area contributed by atoms with E-state index in [-0.39, 0.29) is 11.6 Å². The summed E-state index contributed by atoms with van der Waals surface area (Å²) in [6, 6.07) is 6.53. The molecule has 6 heteroatoms. The predicted molar refractivity (Wildman–Crippen MR) is 72.7 cm³/mol. The number of benzene rings is 1. The first kappa shape index (κ1) is 14.4. The molecule has 0 amide bonds. The molecule has 1 fully saturated rings. The van der Waals surface area contributed by atoms with Crippen LogP contribution in [0.15, 0.2) is 24.3 Å². The third-order valence-electron chi connectivity index (χ3n) is 3.38. The predicted octanol–water partition coefficient (Wildman–Crippen LogP) is 1.29. The van der Waals surface area contributed by atoms with Gasteiger partial charge in [-0.05, 0) is 24.6 Å².